The minimum atomic E-state index is 0.142. The predicted octanol–water partition coefficient (Wildman–Crippen LogP) is 4.07. The quantitative estimate of drug-likeness (QED) is 0.258. The molecule has 1 aromatic carbocycles. The number of thiol groups is 1. The Labute approximate surface area is 223 Å². The third-order valence-electron chi connectivity index (χ3n) is 4.86. The molecule has 1 amide bonds. The van der Waals surface area contributed by atoms with Gasteiger partial charge in [0.15, 0.2) is 0 Å². The molecule has 1 fully saturated rings. The number of nitrogens with two attached hydrogens (primary N) is 2. The van der Waals surface area contributed by atoms with E-state index >= 15 is 0 Å². The Morgan fingerprint density at radius 2 is 2.00 bits per heavy atom. The number of likely N-dealkylation sites (tertiary alicyclic amines) is 1. The Kier molecular flexibility index (Phi) is 12.4. The molecule has 0 spiro atoms. The Morgan fingerprint density at radius 3 is 2.47 bits per heavy atom. The van der Waals surface area contributed by atoms with Crippen LogP contribution in [0.25, 0.3) is 10.7 Å². The third kappa shape index (κ3) is 9.65. The van der Waals surface area contributed by atoms with Crippen LogP contribution in [0.5, 0.6) is 0 Å². The Balaban J connectivity index is 0.000000225. The zero-order valence-electron chi connectivity index (χ0n) is 19.3. The van der Waals surface area contributed by atoms with Gasteiger partial charge in [0, 0.05) is 59.9 Å². The summed E-state index contributed by atoms with van der Waals surface area (Å²) in [5.74, 6) is 1.78. The van der Waals surface area contributed by atoms with E-state index in [-0.39, 0.29) is 11.8 Å². The number of nitrogens with zero attached hydrogens (tertiary/aromatic N) is 3. The fourth-order valence-electron chi connectivity index (χ4n) is 3.03. The zero-order valence-corrected chi connectivity index (χ0v) is 23.1. The lowest BCUT2D eigenvalue weighted by molar-refractivity contribution is -0.129. The van der Waals surface area contributed by atoms with Gasteiger partial charge < -0.3 is 26.2 Å². The summed E-state index contributed by atoms with van der Waals surface area (Å²) in [4.78, 5) is 19.7. The first kappa shape index (κ1) is 28.1. The van der Waals surface area contributed by atoms with Gasteiger partial charge in [-0.2, -0.15) is 4.98 Å². The van der Waals surface area contributed by atoms with Gasteiger partial charge in [-0.25, -0.2) is 0 Å². The summed E-state index contributed by atoms with van der Waals surface area (Å²) >= 11 is 7.99. The van der Waals surface area contributed by atoms with Crippen molar-refractivity contribution < 1.29 is 9.32 Å². The fraction of sp³-hybridized carbons (Fsp3) is 0.348. The van der Waals surface area contributed by atoms with Crippen LogP contribution in [0.1, 0.15) is 31.6 Å². The van der Waals surface area contributed by atoms with E-state index in [4.69, 9.17) is 16.0 Å². The van der Waals surface area contributed by atoms with E-state index < -0.39 is 0 Å². The van der Waals surface area contributed by atoms with Crippen molar-refractivity contribution >= 4 is 52.5 Å². The van der Waals surface area contributed by atoms with Crippen LogP contribution in [0.4, 0.5) is 0 Å². The average molecular weight is 615 g/mol. The molecule has 0 saturated carbocycles. The summed E-state index contributed by atoms with van der Waals surface area (Å²) in [5, 5.41) is 8.78. The second-order valence-electron chi connectivity index (χ2n) is 7.40. The molecule has 3 heterocycles. The summed E-state index contributed by atoms with van der Waals surface area (Å²) < 4.78 is 6.62. The van der Waals surface area contributed by atoms with Crippen molar-refractivity contribution in [2.45, 2.75) is 30.6 Å². The minimum absolute atomic E-state index is 0.142. The van der Waals surface area contributed by atoms with Gasteiger partial charge in [-0.05, 0) is 71.1 Å². The molecule has 1 aliphatic heterocycles. The number of piperidine rings is 1. The number of hydrogen-bond donors (Lipinski definition) is 4. The van der Waals surface area contributed by atoms with Crippen molar-refractivity contribution in [3.05, 3.63) is 63.1 Å². The van der Waals surface area contributed by atoms with E-state index in [9.17, 15) is 4.79 Å². The lowest BCUT2D eigenvalue weighted by atomic mass is 9.97. The van der Waals surface area contributed by atoms with Gasteiger partial charge in [0.25, 0.3) is 0 Å². The maximum atomic E-state index is 11.3. The first-order valence-corrected chi connectivity index (χ1v) is 13.1. The first-order valence-electron chi connectivity index (χ1n) is 10.7. The largest absolute Gasteiger partial charge is 0.400 e. The lowest BCUT2D eigenvalue weighted by Gasteiger charge is -2.29. The Hall–Kier alpha value is -2.09. The van der Waals surface area contributed by atoms with Gasteiger partial charge in [-0.1, -0.05) is 11.2 Å². The van der Waals surface area contributed by atoms with E-state index in [0.29, 0.717) is 24.0 Å². The Morgan fingerprint density at radius 1 is 1.32 bits per heavy atom. The van der Waals surface area contributed by atoms with Crippen molar-refractivity contribution in [3.8, 4) is 10.7 Å². The van der Waals surface area contributed by atoms with E-state index in [0.717, 1.165) is 35.7 Å². The molecular weight excluding hydrogens is 583 g/mol. The maximum absolute atomic E-state index is 11.3. The summed E-state index contributed by atoms with van der Waals surface area (Å²) in [6.07, 6.45) is 3.46. The van der Waals surface area contributed by atoms with Crippen LogP contribution in [-0.4, -0.2) is 47.6 Å². The second-order valence-corrected chi connectivity index (χ2v) is 10.1. The standard InChI is InChI=1S/C13H15N3O2S.C6H5IS.C4H11N3/c1-9(17)16-6-4-10(5-7-16)13-14-12(15-18-13)11-3-2-8-19-11;7-5-1-3-6(8)4-2-5;1-7-3-4(6)2-5/h2-3,8,10H,4-7H2,1H3;1-4,8H;3,7H,2,5-6H2,1H3/b;;4-3-. The number of aromatic nitrogens is 2. The van der Waals surface area contributed by atoms with Crippen LogP contribution < -0.4 is 16.8 Å². The van der Waals surface area contributed by atoms with Crippen LogP contribution in [0.15, 0.2) is 63.1 Å². The number of hydrogen-bond acceptors (Lipinski definition) is 9. The summed E-state index contributed by atoms with van der Waals surface area (Å²) in [6.45, 7) is 3.58. The number of carbonyl (C=O) groups is 1. The molecule has 5 N–H and O–H groups in total. The van der Waals surface area contributed by atoms with Crippen LogP contribution in [0, 0.1) is 3.57 Å². The van der Waals surface area contributed by atoms with E-state index in [1.54, 1.807) is 31.5 Å². The molecule has 1 saturated heterocycles. The number of carbonyl (C=O) groups excluding carboxylic acids is 1. The Bertz CT molecular complexity index is 996. The summed E-state index contributed by atoms with van der Waals surface area (Å²) in [7, 11) is 1.78. The highest BCUT2D eigenvalue weighted by atomic mass is 127. The normalized spacial score (nSPS) is 13.9. The molecule has 34 heavy (non-hydrogen) atoms. The van der Waals surface area contributed by atoms with E-state index in [1.807, 2.05) is 46.7 Å². The highest BCUT2D eigenvalue weighted by molar-refractivity contribution is 14.1. The van der Waals surface area contributed by atoms with Gasteiger partial charge in [-0.15, -0.1) is 24.0 Å². The van der Waals surface area contributed by atoms with Crippen molar-refractivity contribution in [1.29, 1.82) is 0 Å². The van der Waals surface area contributed by atoms with Crippen LogP contribution in [0.3, 0.4) is 0 Å². The topological polar surface area (TPSA) is 123 Å². The molecular formula is C23H31IN6O2S2. The smallest absolute Gasteiger partial charge is 0.230 e. The number of thiophene rings is 1. The van der Waals surface area contributed by atoms with Gasteiger partial charge in [0.05, 0.1) is 4.88 Å². The van der Waals surface area contributed by atoms with Gasteiger partial charge in [-0.3, -0.25) is 4.79 Å². The number of halogens is 1. The first-order chi connectivity index (χ1) is 16.3. The van der Waals surface area contributed by atoms with Crippen molar-refractivity contribution in [2.75, 3.05) is 26.7 Å². The minimum Gasteiger partial charge on any atom is -0.400 e. The molecule has 4 rings (SSSR count). The van der Waals surface area contributed by atoms with Crippen LogP contribution in [-0.2, 0) is 4.79 Å². The van der Waals surface area contributed by atoms with Gasteiger partial charge >= 0.3 is 0 Å². The van der Waals surface area contributed by atoms with Gasteiger partial charge in [0.2, 0.25) is 17.6 Å². The highest BCUT2D eigenvalue weighted by Crippen LogP contribution is 2.29. The third-order valence-corrected chi connectivity index (χ3v) is 6.75. The van der Waals surface area contributed by atoms with Gasteiger partial charge in [0.1, 0.15) is 0 Å². The zero-order chi connectivity index (χ0) is 24.9. The molecule has 11 heteroatoms. The maximum Gasteiger partial charge on any atom is 0.230 e. The van der Waals surface area contributed by atoms with Crippen molar-refractivity contribution in [3.63, 3.8) is 0 Å². The number of rotatable bonds is 4. The van der Waals surface area contributed by atoms with E-state index in [1.165, 1.54) is 3.57 Å². The van der Waals surface area contributed by atoms with Crippen LogP contribution in [0.2, 0.25) is 0 Å². The van der Waals surface area contributed by atoms with E-state index in [2.05, 4.69) is 50.7 Å². The molecule has 0 radical (unpaired) electrons. The predicted molar refractivity (Wildman–Crippen MR) is 149 cm³/mol. The lowest BCUT2D eigenvalue weighted by Crippen LogP contribution is -2.36. The number of nitrogens with one attached hydrogen (secondary N) is 1. The molecule has 2 aromatic heterocycles. The fourth-order valence-corrected chi connectivity index (χ4v) is 4.19. The SMILES string of the molecule is CC(=O)N1CCC(c2nc(-c3cccs3)no2)CC1.CN/C=C(\N)CN.Sc1ccc(I)cc1. The monoisotopic (exact) mass is 614 g/mol. The van der Waals surface area contributed by atoms with Crippen LogP contribution >= 0.6 is 46.6 Å². The summed E-state index contributed by atoms with van der Waals surface area (Å²) in [6, 6.07) is 12.0. The number of benzene rings is 1. The molecule has 1 aliphatic rings. The molecule has 0 bridgehead atoms. The number of amides is 1. The molecule has 0 unspecified atom stereocenters. The molecule has 0 aliphatic carbocycles. The second kappa shape index (κ2) is 15.0. The van der Waals surface area contributed by atoms with Crippen molar-refractivity contribution in [2.24, 2.45) is 11.5 Å². The average Bonchev–Trinajstić information content (AvgIpc) is 3.54. The molecule has 8 nitrogen and oxygen atoms in total. The molecule has 0 atom stereocenters. The molecule has 184 valence electrons. The highest BCUT2D eigenvalue weighted by Gasteiger charge is 2.26. The summed E-state index contributed by atoms with van der Waals surface area (Å²) in [5.41, 5.74) is 11.1. The van der Waals surface area contributed by atoms with Crippen molar-refractivity contribution in [1.82, 2.24) is 20.4 Å². The molecule has 3 aromatic rings.